The number of carbonyl (C=O) groups excluding carboxylic acids is 1. The smallest absolute Gasteiger partial charge is 0.251 e. The molecule has 2 atom stereocenters. The summed E-state index contributed by atoms with van der Waals surface area (Å²) in [6.07, 6.45) is -0.329. The molecule has 0 bridgehead atoms. The van der Waals surface area contributed by atoms with Crippen molar-refractivity contribution in [3.05, 3.63) is 30.3 Å². The van der Waals surface area contributed by atoms with E-state index in [9.17, 15) is 9.90 Å². The van der Waals surface area contributed by atoms with Crippen LogP contribution in [0.3, 0.4) is 0 Å². The Morgan fingerprint density at radius 3 is 2.80 bits per heavy atom. The van der Waals surface area contributed by atoms with Crippen LogP contribution in [0.4, 0.5) is 5.95 Å². The van der Waals surface area contributed by atoms with Gasteiger partial charge in [-0.2, -0.15) is 4.68 Å². The topological polar surface area (TPSA) is 110 Å². The first-order valence-corrected chi connectivity index (χ1v) is 6.24. The average Bonchev–Trinajstić information content (AvgIpc) is 3.05. The van der Waals surface area contributed by atoms with Crippen LogP contribution < -0.4 is 10.6 Å². The Bertz CT molecular complexity index is 613. The van der Waals surface area contributed by atoms with Crippen LogP contribution in [0.25, 0.3) is 5.69 Å². The summed E-state index contributed by atoms with van der Waals surface area (Å²) in [7, 11) is 0. The number of nitrogens with zero attached hydrogens (tertiary/aromatic N) is 5. The number of primary amides is 1. The van der Waals surface area contributed by atoms with Gasteiger partial charge in [0.2, 0.25) is 5.91 Å². The number of tetrazole rings is 1. The lowest BCUT2D eigenvalue weighted by Crippen LogP contribution is -2.41. The predicted octanol–water partition coefficient (Wildman–Crippen LogP) is -0.913. The molecule has 0 spiro atoms. The number of benzene rings is 1. The fraction of sp³-hybridized carbons (Fsp3) is 0.333. The number of hydrogen-bond acceptors (Lipinski definition) is 6. The first-order chi connectivity index (χ1) is 9.66. The highest BCUT2D eigenvalue weighted by Gasteiger charge is 2.37. The van der Waals surface area contributed by atoms with Gasteiger partial charge >= 0.3 is 0 Å². The molecule has 1 aromatic heterocycles. The van der Waals surface area contributed by atoms with Crippen molar-refractivity contribution in [1.29, 1.82) is 0 Å². The lowest BCUT2D eigenvalue weighted by atomic mass is 10.2. The van der Waals surface area contributed by atoms with Crippen molar-refractivity contribution in [3.63, 3.8) is 0 Å². The van der Waals surface area contributed by atoms with Crippen LogP contribution in [0.2, 0.25) is 0 Å². The van der Waals surface area contributed by atoms with Gasteiger partial charge in [-0.05, 0) is 22.6 Å². The third-order valence-electron chi connectivity index (χ3n) is 3.32. The molecule has 0 radical (unpaired) electrons. The maximum absolute atomic E-state index is 11.5. The van der Waals surface area contributed by atoms with Gasteiger partial charge in [0.1, 0.15) is 6.04 Å². The number of aliphatic hydroxyl groups is 1. The fourth-order valence-electron chi connectivity index (χ4n) is 2.40. The van der Waals surface area contributed by atoms with E-state index in [0.29, 0.717) is 5.95 Å². The number of amides is 1. The lowest BCUT2D eigenvalue weighted by Gasteiger charge is -2.21. The molecule has 3 rings (SSSR count). The van der Waals surface area contributed by atoms with E-state index in [2.05, 4.69) is 15.5 Å². The first kappa shape index (κ1) is 12.5. The molecule has 2 aromatic rings. The number of nitrogens with two attached hydrogens (primary N) is 1. The molecule has 1 aliphatic heterocycles. The minimum Gasteiger partial charge on any atom is -0.391 e. The van der Waals surface area contributed by atoms with Crippen LogP contribution >= 0.6 is 0 Å². The van der Waals surface area contributed by atoms with E-state index in [-0.39, 0.29) is 13.0 Å². The Morgan fingerprint density at radius 1 is 1.35 bits per heavy atom. The highest BCUT2D eigenvalue weighted by atomic mass is 16.3. The zero-order valence-corrected chi connectivity index (χ0v) is 10.6. The monoisotopic (exact) mass is 274 g/mol. The van der Waals surface area contributed by atoms with E-state index in [1.54, 1.807) is 4.90 Å². The zero-order chi connectivity index (χ0) is 14.1. The zero-order valence-electron chi connectivity index (χ0n) is 10.6. The highest BCUT2D eigenvalue weighted by molar-refractivity contribution is 5.83. The van der Waals surface area contributed by atoms with Crippen molar-refractivity contribution in [1.82, 2.24) is 20.2 Å². The molecular weight excluding hydrogens is 260 g/mol. The SMILES string of the molecule is NC(=O)[C@H]1C[C@@H](O)CN1c1nnnn1-c1ccccc1. The first-order valence-electron chi connectivity index (χ1n) is 6.24. The standard InChI is InChI=1S/C12H14N6O2/c13-11(20)10-6-9(19)7-17(10)12-14-15-16-18(12)8-4-2-1-3-5-8/h1-5,9-10,19H,6-7H2,(H2,13,20)/t9-,10-/m1/s1. The predicted molar refractivity (Wildman–Crippen MR) is 70.1 cm³/mol. The second-order valence-corrected chi connectivity index (χ2v) is 4.69. The third-order valence-corrected chi connectivity index (χ3v) is 3.32. The molecule has 8 heteroatoms. The molecular formula is C12H14N6O2. The van der Waals surface area contributed by atoms with Gasteiger partial charge in [0.15, 0.2) is 0 Å². The molecule has 1 fully saturated rings. The summed E-state index contributed by atoms with van der Waals surface area (Å²) >= 11 is 0. The second-order valence-electron chi connectivity index (χ2n) is 4.69. The van der Waals surface area contributed by atoms with Crippen molar-refractivity contribution in [3.8, 4) is 5.69 Å². The highest BCUT2D eigenvalue weighted by Crippen LogP contribution is 2.25. The van der Waals surface area contributed by atoms with Gasteiger partial charge in [-0.1, -0.05) is 23.3 Å². The molecule has 1 amide bonds. The molecule has 1 saturated heterocycles. The molecule has 104 valence electrons. The van der Waals surface area contributed by atoms with Gasteiger partial charge in [0.25, 0.3) is 5.95 Å². The number of rotatable bonds is 3. The van der Waals surface area contributed by atoms with Crippen LogP contribution in [0, 0.1) is 0 Å². The van der Waals surface area contributed by atoms with E-state index in [4.69, 9.17) is 5.73 Å². The number of anilines is 1. The Morgan fingerprint density at radius 2 is 2.10 bits per heavy atom. The molecule has 0 unspecified atom stereocenters. The molecule has 3 N–H and O–H groups in total. The van der Waals surface area contributed by atoms with Crippen molar-refractivity contribution in [2.24, 2.45) is 5.73 Å². The number of carbonyl (C=O) groups is 1. The van der Waals surface area contributed by atoms with Crippen molar-refractivity contribution in [2.45, 2.75) is 18.6 Å². The third kappa shape index (κ3) is 2.10. The van der Waals surface area contributed by atoms with Crippen molar-refractivity contribution < 1.29 is 9.90 Å². The normalized spacial score (nSPS) is 22.1. The summed E-state index contributed by atoms with van der Waals surface area (Å²) in [6.45, 7) is 0.279. The van der Waals surface area contributed by atoms with Gasteiger partial charge in [-0.3, -0.25) is 4.79 Å². The minimum atomic E-state index is -0.617. The van der Waals surface area contributed by atoms with Gasteiger partial charge in [-0.15, -0.1) is 0 Å². The number of aliphatic hydroxyl groups excluding tert-OH is 1. The number of aromatic nitrogens is 4. The Labute approximate surface area is 114 Å². The van der Waals surface area contributed by atoms with Crippen molar-refractivity contribution in [2.75, 3.05) is 11.4 Å². The maximum Gasteiger partial charge on any atom is 0.251 e. The molecule has 20 heavy (non-hydrogen) atoms. The van der Waals surface area contributed by atoms with Gasteiger partial charge in [0, 0.05) is 13.0 Å². The summed E-state index contributed by atoms with van der Waals surface area (Å²) in [4.78, 5) is 13.1. The van der Waals surface area contributed by atoms with E-state index in [1.807, 2.05) is 30.3 Å². The molecule has 2 heterocycles. The quantitative estimate of drug-likeness (QED) is 0.749. The summed E-state index contributed by atoms with van der Waals surface area (Å²) in [6, 6.07) is 8.73. The fourth-order valence-corrected chi connectivity index (χ4v) is 2.40. The average molecular weight is 274 g/mol. The maximum atomic E-state index is 11.5. The van der Waals surface area contributed by atoms with E-state index < -0.39 is 18.1 Å². The summed E-state index contributed by atoms with van der Waals surface area (Å²) < 4.78 is 1.52. The summed E-state index contributed by atoms with van der Waals surface area (Å²) in [5.41, 5.74) is 6.15. The van der Waals surface area contributed by atoms with E-state index in [1.165, 1.54) is 4.68 Å². The van der Waals surface area contributed by atoms with Gasteiger partial charge in [-0.25, -0.2) is 0 Å². The lowest BCUT2D eigenvalue weighted by molar-refractivity contribution is -0.119. The van der Waals surface area contributed by atoms with Crippen LogP contribution in [-0.4, -0.2) is 49.9 Å². The summed E-state index contributed by atoms with van der Waals surface area (Å²) in [5.74, 6) is -0.0966. The molecule has 0 saturated carbocycles. The molecule has 0 aliphatic carbocycles. The number of β-amino-alcohol motifs (C(OH)–C–C–N with tert-alkyl or cyclic N) is 1. The van der Waals surface area contributed by atoms with Gasteiger partial charge in [0.05, 0.1) is 11.8 Å². The Kier molecular flexibility index (Phi) is 3.07. The Balaban J connectivity index is 1.99. The van der Waals surface area contributed by atoms with E-state index in [0.717, 1.165) is 5.69 Å². The van der Waals surface area contributed by atoms with Crippen molar-refractivity contribution >= 4 is 11.9 Å². The summed E-state index contributed by atoms with van der Waals surface area (Å²) in [5, 5.41) is 21.3. The Hall–Kier alpha value is -2.48. The van der Waals surface area contributed by atoms with Crippen LogP contribution in [0.1, 0.15) is 6.42 Å². The number of hydrogen-bond donors (Lipinski definition) is 2. The van der Waals surface area contributed by atoms with Crippen LogP contribution in [0.15, 0.2) is 30.3 Å². The molecule has 1 aromatic carbocycles. The number of para-hydroxylation sites is 1. The van der Waals surface area contributed by atoms with Crippen LogP contribution in [0.5, 0.6) is 0 Å². The molecule has 1 aliphatic rings. The second kappa shape index (κ2) is 4.89. The van der Waals surface area contributed by atoms with Crippen LogP contribution in [-0.2, 0) is 4.79 Å². The molecule has 8 nitrogen and oxygen atoms in total. The van der Waals surface area contributed by atoms with Gasteiger partial charge < -0.3 is 15.7 Å². The minimum absolute atomic E-state index is 0.279. The largest absolute Gasteiger partial charge is 0.391 e. The van der Waals surface area contributed by atoms with E-state index >= 15 is 0 Å².